The predicted molar refractivity (Wildman–Crippen MR) is 123 cm³/mol. The van der Waals surface area contributed by atoms with E-state index in [4.69, 9.17) is 9.72 Å². The van der Waals surface area contributed by atoms with E-state index in [1.54, 1.807) is 0 Å². The summed E-state index contributed by atoms with van der Waals surface area (Å²) in [4.78, 5) is 17.0. The van der Waals surface area contributed by atoms with E-state index in [1.165, 1.54) is 29.8 Å². The van der Waals surface area contributed by atoms with Crippen molar-refractivity contribution in [1.82, 2.24) is 14.9 Å². The third-order valence-corrected chi connectivity index (χ3v) is 5.39. The highest BCUT2D eigenvalue weighted by atomic mass is 19.1. The first-order chi connectivity index (χ1) is 15.6. The third-order valence-electron chi connectivity index (χ3n) is 5.39. The predicted octanol–water partition coefficient (Wildman–Crippen LogP) is 4.79. The molecule has 0 aliphatic carbocycles. The molecule has 0 aliphatic heterocycles. The number of aryl methyl sites for hydroxylation is 1. The molecule has 0 atom stereocenters. The number of nitrogens with zero attached hydrogens (tertiary/aromatic N) is 2. The number of carbonyl (C=O) groups excluding carboxylic acids is 1. The number of para-hydroxylation sites is 2. The van der Waals surface area contributed by atoms with Crippen LogP contribution >= 0.6 is 0 Å². The lowest BCUT2D eigenvalue weighted by atomic mass is 10.2. The molecule has 0 spiro atoms. The Bertz CT molecular complexity index is 1180. The first kappa shape index (κ1) is 21.6. The Morgan fingerprint density at radius 1 is 1.03 bits per heavy atom. The van der Waals surface area contributed by atoms with Gasteiger partial charge in [-0.05, 0) is 60.5 Å². The number of amides is 1. The summed E-state index contributed by atoms with van der Waals surface area (Å²) in [5.74, 6) is 1.14. The summed E-state index contributed by atoms with van der Waals surface area (Å²) in [6.45, 7) is 3.72. The van der Waals surface area contributed by atoms with Gasteiger partial charge in [0.15, 0.2) is 0 Å². The Hall–Kier alpha value is -3.67. The Morgan fingerprint density at radius 2 is 1.78 bits per heavy atom. The van der Waals surface area contributed by atoms with Crippen LogP contribution in [0.3, 0.4) is 0 Å². The number of hydrogen-bond acceptors (Lipinski definition) is 3. The number of fused-ring (bicyclic) bond motifs is 1. The van der Waals surface area contributed by atoms with Crippen molar-refractivity contribution in [2.24, 2.45) is 0 Å². The van der Waals surface area contributed by atoms with Crippen LogP contribution in [0.5, 0.6) is 5.75 Å². The molecule has 1 N–H and O–H groups in total. The molecule has 5 nitrogen and oxygen atoms in total. The van der Waals surface area contributed by atoms with Crippen LogP contribution in [0.4, 0.5) is 4.39 Å². The molecule has 1 heterocycles. The summed E-state index contributed by atoms with van der Waals surface area (Å²) >= 11 is 0. The minimum absolute atomic E-state index is 0.230. The Morgan fingerprint density at radius 3 is 2.53 bits per heavy atom. The SMILES string of the molecule is CCc1ccc(OCCn2c(CCNC(=O)c3ccc(F)cc3)nc3ccccc32)cc1. The number of hydrogen-bond donors (Lipinski definition) is 1. The van der Waals surface area contributed by atoms with Crippen LogP contribution in [0.2, 0.25) is 0 Å². The third kappa shape index (κ3) is 5.14. The van der Waals surface area contributed by atoms with Crippen LogP contribution in [0.25, 0.3) is 11.0 Å². The van der Waals surface area contributed by atoms with Gasteiger partial charge in [0.2, 0.25) is 0 Å². The molecule has 0 unspecified atom stereocenters. The number of rotatable bonds is 9. The standard InChI is InChI=1S/C26H26FN3O2/c1-2-19-7-13-22(14-8-19)32-18-17-30-24-6-4-3-5-23(24)29-25(30)15-16-28-26(31)20-9-11-21(27)12-10-20/h3-14H,2,15-18H2,1H3,(H,28,31). The van der Waals surface area contributed by atoms with Crippen LogP contribution in [-0.2, 0) is 19.4 Å². The highest BCUT2D eigenvalue weighted by Crippen LogP contribution is 2.17. The van der Waals surface area contributed by atoms with Gasteiger partial charge in [0.25, 0.3) is 5.91 Å². The normalized spacial score (nSPS) is 10.9. The van der Waals surface area contributed by atoms with Crippen molar-refractivity contribution in [1.29, 1.82) is 0 Å². The summed E-state index contributed by atoms with van der Waals surface area (Å²) in [5.41, 5.74) is 3.67. The van der Waals surface area contributed by atoms with Gasteiger partial charge in [-0.25, -0.2) is 9.37 Å². The topological polar surface area (TPSA) is 56.1 Å². The van der Waals surface area contributed by atoms with E-state index in [-0.39, 0.29) is 11.7 Å². The van der Waals surface area contributed by atoms with Crippen molar-refractivity contribution < 1.29 is 13.9 Å². The van der Waals surface area contributed by atoms with Crippen LogP contribution in [0, 0.1) is 5.82 Å². The quantitative estimate of drug-likeness (QED) is 0.415. The maximum absolute atomic E-state index is 13.1. The molecule has 6 heteroatoms. The van der Waals surface area contributed by atoms with Crippen LogP contribution in [-0.4, -0.2) is 28.6 Å². The van der Waals surface area contributed by atoms with Crippen molar-refractivity contribution in [3.05, 3.63) is 95.6 Å². The van der Waals surface area contributed by atoms with Crippen molar-refractivity contribution in [3.8, 4) is 5.75 Å². The van der Waals surface area contributed by atoms with Gasteiger partial charge < -0.3 is 14.6 Å². The Balaban J connectivity index is 1.40. The first-order valence-electron chi connectivity index (χ1n) is 10.8. The number of halogens is 1. The van der Waals surface area contributed by atoms with Gasteiger partial charge in [0.05, 0.1) is 17.6 Å². The zero-order chi connectivity index (χ0) is 22.3. The molecular formula is C26H26FN3O2. The largest absolute Gasteiger partial charge is 0.492 e. The monoisotopic (exact) mass is 431 g/mol. The van der Waals surface area contributed by atoms with Gasteiger partial charge in [0, 0.05) is 18.5 Å². The molecule has 4 rings (SSSR count). The molecule has 164 valence electrons. The number of ether oxygens (including phenoxy) is 1. The maximum Gasteiger partial charge on any atom is 0.251 e. The lowest BCUT2D eigenvalue weighted by Crippen LogP contribution is -2.26. The molecule has 0 bridgehead atoms. The molecule has 4 aromatic rings. The molecule has 0 fully saturated rings. The molecule has 1 amide bonds. The second-order valence-corrected chi connectivity index (χ2v) is 7.53. The molecule has 0 saturated carbocycles. The van der Waals surface area contributed by atoms with Gasteiger partial charge in [-0.3, -0.25) is 4.79 Å². The fourth-order valence-electron chi connectivity index (χ4n) is 3.63. The van der Waals surface area contributed by atoms with E-state index in [2.05, 4.69) is 28.9 Å². The highest BCUT2D eigenvalue weighted by molar-refractivity contribution is 5.94. The van der Waals surface area contributed by atoms with Crippen molar-refractivity contribution in [3.63, 3.8) is 0 Å². The van der Waals surface area contributed by atoms with Gasteiger partial charge in [-0.15, -0.1) is 0 Å². The van der Waals surface area contributed by atoms with Gasteiger partial charge in [-0.1, -0.05) is 31.2 Å². The summed E-state index contributed by atoms with van der Waals surface area (Å²) < 4.78 is 21.1. The smallest absolute Gasteiger partial charge is 0.251 e. The van der Waals surface area contributed by atoms with Crippen LogP contribution in [0.15, 0.2) is 72.8 Å². The average molecular weight is 432 g/mol. The van der Waals surface area contributed by atoms with Crippen LogP contribution in [0.1, 0.15) is 28.7 Å². The summed E-state index contributed by atoms with van der Waals surface area (Å²) in [7, 11) is 0. The van der Waals surface area contributed by atoms with E-state index in [9.17, 15) is 9.18 Å². The maximum atomic E-state index is 13.1. The molecule has 0 saturated heterocycles. The molecule has 32 heavy (non-hydrogen) atoms. The Kier molecular flexibility index (Phi) is 6.80. The second-order valence-electron chi connectivity index (χ2n) is 7.53. The minimum Gasteiger partial charge on any atom is -0.492 e. The number of imidazole rings is 1. The molecule has 1 aromatic heterocycles. The minimum atomic E-state index is -0.362. The first-order valence-corrected chi connectivity index (χ1v) is 10.8. The van der Waals surface area contributed by atoms with E-state index in [1.807, 2.05) is 36.4 Å². The van der Waals surface area contributed by atoms with Gasteiger partial charge in [0.1, 0.15) is 24.0 Å². The molecule has 0 aliphatic rings. The van der Waals surface area contributed by atoms with E-state index < -0.39 is 0 Å². The zero-order valence-electron chi connectivity index (χ0n) is 18.1. The molecule has 3 aromatic carbocycles. The number of carbonyl (C=O) groups is 1. The van der Waals surface area contributed by atoms with Crippen molar-refractivity contribution in [2.75, 3.05) is 13.2 Å². The number of aromatic nitrogens is 2. The second kappa shape index (κ2) is 10.1. The fraction of sp³-hybridized carbons (Fsp3) is 0.231. The summed E-state index contributed by atoms with van der Waals surface area (Å²) in [6, 6.07) is 21.6. The highest BCUT2D eigenvalue weighted by Gasteiger charge is 2.12. The summed E-state index contributed by atoms with van der Waals surface area (Å²) in [5, 5.41) is 2.89. The lowest BCUT2D eigenvalue weighted by molar-refractivity contribution is 0.0954. The van der Waals surface area contributed by atoms with E-state index >= 15 is 0 Å². The van der Waals surface area contributed by atoms with Crippen molar-refractivity contribution in [2.45, 2.75) is 26.3 Å². The number of nitrogens with one attached hydrogen (secondary N) is 1. The molecular weight excluding hydrogens is 405 g/mol. The van der Waals surface area contributed by atoms with Gasteiger partial charge >= 0.3 is 0 Å². The van der Waals surface area contributed by atoms with E-state index in [0.29, 0.717) is 31.7 Å². The zero-order valence-corrected chi connectivity index (χ0v) is 18.1. The summed E-state index contributed by atoms with van der Waals surface area (Å²) in [6.07, 6.45) is 1.58. The number of benzene rings is 3. The van der Waals surface area contributed by atoms with Crippen LogP contribution < -0.4 is 10.1 Å². The van der Waals surface area contributed by atoms with Gasteiger partial charge in [-0.2, -0.15) is 0 Å². The Labute approximate surface area is 186 Å². The van der Waals surface area contributed by atoms with E-state index in [0.717, 1.165) is 29.0 Å². The molecule has 0 radical (unpaired) electrons. The average Bonchev–Trinajstić information content (AvgIpc) is 3.17. The fourth-order valence-corrected chi connectivity index (χ4v) is 3.63. The lowest BCUT2D eigenvalue weighted by Gasteiger charge is -2.12. The van der Waals surface area contributed by atoms with Crippen molar-refractivity contribution >= 4 is 16.9 Å².